The minimum absolute atomic E-state index is 0.0390. The molecule has 1 aromatic heterocycles. The van der Waals surface area contributed by atoms with E-state index in [1.807, 2.05) is 19.1 Å². The highest BCUT2D eigenvalue weighted by Gasteiger charge is 2.20. The van der Waals surface area contributed by atoms with Gasteiger partial charge in [-0.25, -0.2) is 4.98 Å². The van der Waals surface area contributed by atoms with Crippen LogP contribution in [0.1, 0.15) is 37.8 Å². The normalized spacial score (nSPS) is 22.1. The Balaban J connectivity index is 1.86. The number of ether oxygens (including phenoxy) is 1. The molecule has 0 bridgehead atoms. The van der Waals surface area contributed by atoms with Gasteiger partial charge in [0.05, 0.1) is 6.61 Å². The SMILES string of the molecule is C[C@H](N)c1cccnc1OCCC1CCCN1C. The zero-order valence-electron chi connectivity index (χ0n) is 11.3. The van der Waals surface area contributed by atoms with Gasteiger partial charge in [0.25, 0.3) is 0 Å². The van der Waals surface area contributed by atoms with Crippen molar-refractivity contribution in [3.8, 4) is 5.88 Å². The molecule has 18 heavy (non-hydrogen) atoms. The van der Waals surface area contributed by atoms with Gasteiger partial charge < -0.3 is 15.4 Å². The van der Waals surface area contributed by atoms with Gasteiger partial charge in [-0.15, -0.1) is 0 Å². The second-order valence-corrected chi connectivity index (χ2v) is 5.10. The molecule has 0 radical (unpaired) electrons. The number of rotatable bonds is 5. The highest BCUT2D eigenvalue weighted by atomic mass is 16.5. The molecule has 2 heterocycles. The molecule has 0 saturated carbocycles. The maximum atomic E-state index is 5.90. The van der Waals surface area contributed by atoms with Crippen LogP contribution in [0.2, 0.25) is 0 Å². The van der Waals surface area contributed by atoms with Crippen molar-refractivity contribution in [2.75, 3.05) is 20.2 Å². The van der Waals surface area contributed by atoms with Crippen molar-refractivity contribution < 1.29 is 4.74 Å². The van der Waals surface area contributed by atoms with E-state index in [1.165, 1.54) is 19.4 Å². The van der Waals surface area contributed by atoms with Gasteiger partial charge in [0.1, 0.15) is 0 Å². The highest BCUT2D eigenvalue weighted by molar-refractivity contribution is 5.28. The Hall–Kier alpha value is -1.13. The average Bonchev–Trinajstić information content (AvgIpc) is 2.76. The molecule has 0 amide bonds. The first kappa shape index (κ1) is 13.3. The fraction of sp³-hybridized carbons (Fsp3) is 0.643. The summed E-state index contributed by atoms with van der Waals surface area (Å²) in [6.45, 7) is 3.87. The Kier molecular flexibility index (Phi) is 4.55. The molecule has 0 aromatic carbocycles. The van der Waals surface area contributed by atoms with Gasteiger partial charge in [-0.3, -0.25) is 0 Å². The zero-order valence-corrected chi connectivity index (χ0v) is 11.3. The lowest BCUT2D eigenvalue weighted by atomic mass is 10.1. The van der Waals surface area contributed by atoms with Crippen molar-refractivity contribution in [2.45, 2.75) is 38.3 Å². The van der Waals surface area contributed by atoms with E-state index in [2.05, 4.69) is 16.9 Å². The van der Waals surface area contributed by atoms with Gasteiger partial charge in [0.2, 0.25) is 5.88 Å². The standard InChI is InChI=1S/C14H23N3O/c1-11(15)13-6-3-8-16-14(13)18-10-7-12-5-4-9-17(12)2/h3,6,8,11-12H,4-5,7,9-10,15H2,1-2H3/t11-,12?/m0/s1. The molecule has 4 heteroatoms. The highest BCUT2D eigenvalue weighted by Crippen LogP contribution is 2.22. The third-order valence-electron chi connectivity index (χ3n) is 3.65. The Morgan fingerprint density at radius 1 is 1.61 bits per heavy atom. The van der Waals surface area contributed by atoms with Gasteiger partial charge in [0.15, 0.2) is 0 Å². The summed E-state index contributed by atoms with van der Waals surface area (Å²) in [5.41, 5.74) is 6.89. The number of hydrogen-bond acceptors (Lipinski definition) is 4. The number of nitrogens with two attached hydrogens (primary N) is 1. The van der Waals surface area contributed by atoms with Crippen LogP contribution in [-0.4, -0.2) is 36.1 Å². The molecule has 0 spiro atoms. The first-order valence-electron chi connectivity index (χ1n) is 6.72. The van der Waals surface area contributed by atoms with E-state index in [1.54, 1.807) is 6.20 Å². The molecule has 1 aliphatic heterocycles. The summed E-state index contributed by atoms with van der Waals surface area (Å²) >= 11 is 0. The van der Waals surface area contributed by atoms with Crippen LogP contribution in [0.3, 0.4) is 0 Å². The van der Waals surface area contributed by atoms with E-state index >= 15 is 0 Å². The third-order valence-corrected chi connectivity index (χ3v) is 3.65. The first-order valence-corrected chi connectivity index (χ1v) is 6.72. The van der Waals surface area contributed by atoms with Crippen molar-refractivity contribution >= 4 is 0 Å². The molecule has 1 fully saturated rings. The lowest BCUT2D eigenvalue weighted by Gasteiger charge is -2.19. The van der Waals surface area contributed by atoms with Gasteiger partial charge in [-0.05, 0) is 45.8 Å². The van der Waals surface area contributed by atoms with E-state index in [0.29, 0.717) is 18.5 Å². The third kappa shape index (κ3) is 3.21. The van der Waals surface area contributed by atoms with Crippen molar-refractivity contribution in [3.63, 3.8) is 0 Å². The van der Waals surface area contributed by atoms with Crippen molar-refractivity contribution in [1.82, 2.24) is 9.88 Å². The topological polar surface area (TPSA) is 51.4 Å². The van der Waals surface area contributed by atoms with Crippen molar-refractivity contribution in [2.24, 2.45) is 5.73 Å². The van der Waals surface area contributed by atoms with Gasteiger partial charge >= 0.3 is 0 Å². The Bertz CT molecular complexity index is 381. The quantitative estimate of drug-likeness (QED) is 0.866. The average molecular weight is 249 g/mol. The fourth-order valence-electron chi connectivity index (χ4n) is 2.51. The summed E-state index contributed by atoms with van der Waals surface area (Å²) in [5, 5.41) is 0. The second-order valence-electron chi connectivity index (χ2n) is 5.10. The minimum Gasteiger partial charge on any atom is -0.477 e. The number of nitrogens with zero attached hydrogens (tertiary/aromatic N) is 2. The van der Waals surface area contributed by atoms with E-state index in [9.17, 15) is 0 Å². The zero-order chi connectivity index (χ0) is 13.0. The molecule has 1 saturated heterocycles. The van der Waals surface area contributed by atoms with Crippen LogP contribution in [0, 0.1) is 0 Å². The number of aromatic nitrogens is 1. The summed E-state index contributed by atoms with van der Waals surface area (Å²) in [6.07, 6.45) is 5.40. The molecule has 100 valence electrons. The second kappa shape index (κ2) is 6.16. The number of likely N-dealkylation sites (tertiary alicyclic amines) is 1. The molecule has 1 aliphatic rings. The predicted octanol–water partition coefficient (Wildman–Crippen LogP) is 1.96. The number of pyridine rings is 1. The van der Waals surface area contributed by atoms with Crippen LogP contribution in [0.4, 0.5) is 0 Å². The summed E-state index contributed by atoms with van der Waals surface area (Å²) < 4.78 is 5.79. The number of hydrogen-bond donors (Lipinski definition) is 1. The molecule has 2 N–H and O–H groups in total. The largest absolute Gasteiger partial charge is 0.477 e. The maximum absolute atomic E-state index is 5.90. The Morgan fingerprint density at radius 3 is 3.11 bits per heavy atom. The Labute approximate surface area is 109 Å². The Morgan fingerprint density at radius 2 is 2.44 bits per heavy atom. The summed E-state index contributed by atoms with van der Waals surface area (Å²) in [7, 11) is 2.19. The van der Waals surface area contributed by atoms with Crippen LogP contribution in [0.15, 0.2) is 18.3 Å². The van der Waals surface area contributed by atoms with Crippen LogP contribution in [0.25, 0.3) is 0 Å². The molecule has 1 aromatic rings. The predicted molar refractivity (Wildman–Crippen MR) is 72.6 cm³/mol. The van der Waals surface area contributed by atoms with E-state index in [-0.39, 0.29) is 6.04 Å². The van der Waals surface area contributed by atoms with Crippen LogP contribution in [-0.2, 0) is 0 Å². The first-order chi connectivity index (χ1) is 8.68. The molecule has 0 aliphatic carbocycles. The molecule has 2 rings (SSSR count). The summed E-state index contributed by atoms with van der Waals surface area (Å²) in [5.74, 6) is 0.688. The van der Waals surface area contributed by atoms with Crippen LogP contribution < -0.4 is 10.5 Å². The summed E-state index contributed by atoms with van der Waals surface area (Å²) in [6, 6.07) is 4.50. The molecular formula is C14H23N3O. The molecular weight excluding hydrogens is 226 g/mol. The van der Waals surface area contributed by atoms with E-state index in [4.69, 9.17) is 10.5 Å². The molecule has 2 atom stereocenters. The lowest BCUT2D eigenvalue weighted by molar-refractivity contribution is 0.227. The van der Waals surface area contributed by atoms with Crippen molar-refractivity contribution in [1.29, 1.82) is 0 Å². The van der Waals surface area contributed by atoms with Gasteiger partial charge in [0, 0.05) is 23.8 Å². The van der Waals surface area contributed by atoms with E-state index in [0.717, 1.165) is 12.0 Å². The lowest BCUT2D eigenvalue weighted by Crippen LogP contribution is -2.26. The minimum atomic E-state index is -0.0390. The monoisotopic (exact) mass is 249 g/mol. The van der Waals surface area contributed by atoms with E-state index < -0.39 is 0 Å². The van der Waals surface area contributed by atoms with Crippen LogP contribution in [0.5, 0.6) is 5.88 Å². The maximum Gasteiger partial charge on any atom is 0.218 e. The molecule has 4 nitrogen and oxygen atoms in total. The smallest absolute Gasteiger partial charge is 0.218 e. The van der Waals surface area contributed by atoms with Gasteiger partial charge in [-0.1, -0.05) is 6.07 Å². The van der Waals surface area contributed by atoms with Crippen molar-refractivity contribution in [3.05, 3.63) is 23.9 Å². The molecule has 1 unspecified atom stereocenters. The van der Waals surface area contributed by atoms with Crippen LogP contribution >= 0.6 is 0 Å². The fourth-order valence-corrected chi connectivity index (χ4v) is 2.51. The summed E-state index contributed by atoms with van der Waals surface area (Å²) in [4.78, 5) is 6.68. The van der Waals surface area contributed by atoms with Gasteiger partial charge in [-0.2, -0.15) is 0 Å².